The van der Waals surface area contributed by atoms with E-state index in [0.29, 0.717) is 0 Å². The van der Waals surface area contributed by atoms with Crippen molar-refractivity contribution in [2.75, 3.05) is 13.1 Å². The molecule has 0 aromatic carbocycles. The van der Waals surface area contributed by atoms with E-state index in [-0.39, 0.29) is 23.9 Å². The molecule has 0 spiro atoms. The summed E-state index contributed by atoms with van der Waals surface area (Å²) in [6.45, 7) is 12.0. The fraction of sp³-hybridized carbons (Fsp3) is 0.722. The van der Waals surface area contributed by atoms with Crippen molar-refractivity contribution in [1.29, 1.82) is 0 Å². The maximum Gasteiger partial charge on any atom is 0.325 e. The predicted molar refractivity (Wildman–Crippen MR) is 92.9 cm³/mol. The monoisotopic (exact) mass is 348 g/mol. The summed E-state index contributed by atoms with van der Waals surface area (Å²) in [7, 11) is 0. The molecule has 3 amide bonds. The van der Waals surface area contributed by atoms with Crippen LogP contribution in [0.15, 0.2) is 4.52 Å². The van der Waals surface area contributed by atoms with Gasteiger partial charge in [-0.05, 0) is 54.0 Å². The summed E-state index contributed by atoms with van der Waals surface area (Å²) in [5, 5.41) is 6.99. The minimum atomic E-state index is -0.821. The number of nitrogens with zero attached hydrogens (tertiary/aromatic N) is 3. The van der Waals surface area contributed by atoms with Gasteiger partial charge < -0.3 is 9.84 Å². The van der Waals surface area contributed by atoms with E-state index in [4.69, 9.17) is 4.52 Å². The number of likely N-dealkylation sites (tertiary alicyclic amines) is 1. The molecule has 25 heavy (non-hydrogen) atoms. The number of rotatable bonds is 4. The third-order valence-electron chi connectivity index (χ3n) is 5.65. The lowest BCUT2D eigenvalue weighted by atomic mass is 9.79. The van der Waals surface area contributed by atoms with Crippen LogP contribution in [0.4, 0.5) is 4.79 Å². The van der Waals surface area contributed by atoms with Gasteiger partial charge in [0.15, 0.2) is 0 Å². The van der Waals surface area contributed by atoms with Crippen LogP contribution in [0.1, 0.15) is 50.6 Å². The Morgan fingerprint density at radius 1 is 1.36 bits per heavy atom. The van der Waals surface area contributed by atoms with Crippen LogP contribution in [0.3, 0.4) is 0 Å². The van der Waals surface area contributed by atoms with Crippen molar-refractivity contribution >= 4 is 11.9 Å². The van der Waals surface area contributed by atoms with Crippen LogP contribution in [0.25, 0.3) is 0 Å². The maximum absolute atomic E-state index is 12.9. The maximum atomic E-state index is 12.9. The molecule has 2 saturated heterocycles. The topological polar surface area (TPSA) is 78.7 Å². The molecule has 1 aromatic rings. The quantitative estimate of drug-likeness (QED) is 0.844. The van der Waals surface area contributed by atoms with Crippen molar-refractivity contribution in [3.8, 4) is 0 Å². The van der Waals surface area contributed by atoms with Crippen molar-refractivity contribution in [3.63, 3.8) is 0 Å². The highest BCUT2D eigenvalue weighted by Gasteiger charge is 2.53. The third-order valence-corrected chi connectivity index (χ3v) is 5.65. The largest absolute Gasteiger partial charge is 0.361 e. The molecular weight excluding hydrogens is 320 g/mol. The molecule has 0 aliphatic carbocycles. The first kappa shape index (κ1) is 17.9. The molecule has 7 heteroatoms. The molecule has 1 aromatic heterocycles. The summed E-state index contributed by atoms with van der Waals surface area (Å²) in [4.78, 5) is 28.9. The van der Waals surface area contributed by atoms with Crippen LogP contribution < -0.4 is 5.32 Å². The van der Waals surface area contributed by atoms with Crippen LogP contribution >= 0.6 is 0 Å². The molecule has 0 radical (unpaired) electrons. The molecule has 3 rings (SSSR count). The first-order chi connectivity index (χ1) is 11.7. The number of piperidine rings is 1. The molecule has 3 heterocycles. The Balaban J connectivity index is 1.75. The van der Waals surface area contributed by atoms with E-state index in [1.165, 1.54) is 4.90 Å². The number of hydrogen-bond acceptors (Lipinski definition) is 5. The number of amides is 3. The Morgan fingerprint density at radius 2 is 2.08 bits per heavy atom. The van der Waals surface area contributed by atoms with Crippen molar-refractivity contribution in [2.45, 2.75) is 65.6 Å². The molecule has 7 nitrogen and oxygen atoms in total. The minimum absolute atomic E-state index is 0.0990. The lowest BCUT2D eigenvalue weighted by Gasteiger charge is -2.40. The molecule has 2 aliphatic rings. The predicted octanol–water partition coefficient (Wildman–Crippen LogP) is 2.22. The highest BCUT2D eigenvalue weighted by Crippen LogP contribution is 2.34. The van der Waals surface area contributed by atoms with E-state index in [1.807, 2.05) is 34.6 Å². The van der Waals surface area contributed by atoms with Gasteiger partial charge in [-0.2, -0.15) is 0 Å². The van der Waals surface area contributed by atoms with Crippen LogP contribution in [-0.4, -0.2) is 51.6 Å². The van der Waals surface area contributed by atoms with Gasteiger partial charge >= 0.3 is 6.03 Å². The smallest absolute Gasteiger partial charge is 0.325 e. The van der Waals surface area contributed by atoms with E-state index < -0.39 is 5.54 Å². The summed E-state index contributed by atoms with van der Waals surface area (Å²) < 4.78 is 5.26. The van der Waals surface area contributed by atoms with Crippen LogP contribution in [-0.2, 0) is 11.3 Å². The third kappa shape index (κ3) is 3.05. The number of imide groups is 1. The summed E-state index contributed by atoms with van der Waals surface area (Å²) in [5.74, 6) is 0.848. The van der Waals surface area contributed by atoms with Gasteiger partial charge in [-0.25, -0.2) is 4.79 Å². The standard InChI is InChI=1S/C18H28N4O3/c1-11(2)22-16(23)18(5,19-17(22)24)14-7-6-8-21(9-14)10-15-12(3)20-25-13(15)4/h11,14H,6-10H2,1-5H3,(H,19,24)/t14-,18+/m0/s1. The Bertz CT molecular complexity index is 664. The first-order valence-corrected chi connectivity index (χ1v) is 9.04. The minimum Gasteiger partial charge on any atom is -0.361 e. The van der Waals surface area contributed by atoms with Gasteiger partial charge in [0.2, 0.25) is 0 Å². The van der Waals surface area contributed by atoms with E-state index in [0.717, 1.165) is 49.5 Å². The zero-order valence-corrected chi connectivity index (χ0v) is 15.8. The second-order valence-electron chi connectivity index (χ2n) is 7.78. The Morgan fingerprint density at radius 3 is 2.64 bits per heavy atom. The lowest BCUT2D eigenvalue weighted by Crippen LogP contribution is -2.56. The number of hydrogen-bond donors (Lipinski definition) is 1. The van der Waals surface area contributed by atoms with Gasteiger partial charge in [-0.15, -0.1) is 0 Å². The number of aryl methyl sites for hydroxylation is 2. The number of carbonyl (C=O) groups excluding carboxylic acids is 2. The number of nitrogens with one attached hydrogen (secondary N) is 1. The number of urea groups is 1. The van der Waals surface area contributed by atoms with E-state index >= 15 is 0 Å². The van der Waals surface area contributed by atoms with Crippen LogP contribution in [0, 0.1) is 19.8 Å². The lowest BCUT2D eigenvalue weighted by molar-refractivity contribution is -0.134. The molecule has 0 unspecified atom stereocenters. The van der Waals surface area contributed by atoms with Crippen molar-refractivity contribution < 1.29 is 14.1 Å². The fourth-order valence-electron chi connectivity index (χ4n) is 4.05. The molecule has 1 N–H and O–H groups in total. The average molecular weight is 348 g/mol. The second kappa shape index (κ2) is 6.44. The normalized spacial score (nSPS) is 28.1. The Kier molecular flexibility index (Phi) is 4.62. The second-order valence-corrected chi connectivity index (χ2v) is 7.78. The fourth-order valence-corrected chi connectivity index (χ4v) is 4.05. The zero-order chi connectivity index (χ0) is 18.4. The van der Waals surface area contributed by atoms with E-state index in [1.54, 1.807) is 0 Å². The Hall–Kier alpha value is -1.89. The highest BCUT2D eigenvalue weighted by molar-refractivity contribution is 6.07. The van der Waals surface area contributed by atoms with Crippen LogP contribution in [0.5, 0.6) is 0 Å². The van der Waals surface area contributed by atoms with Crippen molar-refractivity contribution in [2.24, 2.45) is 5.92 Å². The summed E-state index contributed by atoms with van der Waals surface area (Å²) in [6.07, 6.45) is 1.95. The molecule has 138 valence electrons. The van der Waals surface area contributed by atoms with Crippen molar-refractivity contribution in [3.05, 3.63) is 17.0 Å². The van der Waals surface area contributed by atoms with Gasteiger partial charge in [0, 0.05) is 30.6 Å². The average Bonchev–Trinajstić information content (AvgIpc) is 2.98. The molecule has 2 atom stereocenters. The van der Waals surface area contributed by atoms with Crippen LogP contribution in [0.2, 0.25) is 0 Å². The van der Waals surface area contributed by atoms with Gasteiger partial charge in [0.1, 0.15) is 11.3 Å². The summed E-state index contributed by atoms with van der Waals surface area (Å²) in [5.41, 5.74) is 1.22. The molecule has 0 saturated carbocycles. The number of aromatic nitrogens is 1. The van der Waals surface area contributed by atoms with E-state index in [2.05, 4.69) is 15.4 Å². The van der Waals surface area contributed by atoms with Gasteiger partial charge in [0.05, 0.1) is 5.69 Å². The van der Waals surface area contributed by atoms with Crippen molar-refractivity contribution in [1.82, 2.24) is 20.3 Å². The highest BCUT2D eigenvalue weighted by atomic mass is 16.5. The summed E-state index contributed by atoms with van der Waals surface area (Å²) >= 11 is 0. The SMILES string of the molecule is Cc1noc(C)c1CN1CCC[C@H]([C@@]2(C)NC(=O)N(C(C)C)C2=O)C1. The first-order valence-electron chi connectivity index (χ1n) is 9.04. The van der Waals surface area contributed by atoms with Gasteiger partial charge in [-0.3, -0.25) is 14.6 Å². The molecule has 2 fully saturated rings. The Labute approximate surface area is 148 Å². The summed E-state index contributed by atoms with van der Waals surface area (Å²) in [6, 6.07) is -0.401. The molecule has 0 bridgehead atoms. The number of carbonyl (C=O) groups is 2. The molecular formula is C18H28N4O3. The van der Waals surface area contributed by atoms with Gasteiger partial charge in [0.25, 0.3) is 5.91 Å². The van der Waals surface area contributed by atoms with E-state index in [9.17, 15) is 9.59 Å². The zero-order valence-electron chi connectivity index (χ0n) is 15.8. The molecule has 2 aliphatic heterocycles. The van der Waals surface area contributed by atoms with Gasteiger partial charge in [-0.1, -0.05) is 5.16 Å².